The second kappa shape index (κ2) is 7.27. The highest BCUT2D eigenvalue weighted by atomic mass is 19.1. The average Bonchev–Trinajstić information content (AvgIpc) is 3.25. The fraction of sp³-hybridized carbons (Fsp3) is 0.281. The van der Waals surface area contributed by atoms with Crippen molar-refractivity contribution in [2.75, 3.05) is 0 Å². The minimum Gasteiger partial charge on any atom is -0.454 e. The van der Waals surface area contributed by atoms with Gasteiger partial charge in [-0.3, -0.25) is 0 Å². The molecule has 1 aliphatic carbocycles. The number of fused-ring (bicyclic) bond motifs is 4. The first-order valence-corrected chi connectivity index (χ1v) is 12.3. The van der Waals surface area contributed by atoms with E-state index in [-0.39, 0.29) is 16.6 Å². The van der Waals surface area contributed by atoms with Crippen molar-refractivity contribution in [2.45, 2.75) is 51.9 Å². The number of aryl methyl sites for hydroxylation is 2. The maximum Gasteiger partial charge on any atom is 0.216 e. The first-order chi connectivity index (χ1) is 16.6. The minimum atomic E-state index is -0.255. The van der Waals surface area contributed by atoms with Crippen molar-refractivity contribution in [2.24, 2.45) is 7.05 Å². The third-order valence-corrected chi connectivity index (χ3v) is 7.93. The van der Waals surface area contributed by atoms with Gasteiger partial charge in [0.1, 0.15) is 24.0 Å². The second-order valence-corrected chi connectivity index (χ2v) is 11.4. The molecule has 0 saturated heterocycles. The van der Waals surface area contributed by atoms with Crippen molar-refractivity contribution in [1.29, 1.82) is 0 Å². The number of hydrogen-bond acceptors (Lipinski definition) is 1. The van der Waals surface area contributed by atoms with Crippen molar-refractivity contribution < 1.29 is 13.4 Å². The van der Waals surface area contributed by atoms with E-state index in [2.05, 4.69) is 75.6 Å². The first kappa shape index (κ1) is 22.0. The summed E-state index contributed by atoms with van der Waals surface area (Å²) in [6, 6.07) is 20.3. The van der Waals surface area contributed by atoms with Crippen LogP contribution in [0.25, 0.3) is 44.3 Å². The number of pyridine rings is 1. The van der Waals surface area contributed by atoms with Crippen molar-refractivity contribution in [1.82, 2.24) is 0 Å². The molecule has 0 aliphatic heterocycles. The molecule has 0 bridgehead atoms. The van der Waals surface area contributed by atoms with Gasteiger partial charge in [0.15, 0.2) is 6.20 Å². The number of hydrogen-bond donors (Lipinski definition) is 0. The quantitative estimate of drug-likeness (QED) is 0.241. The van der Waals surface area contributed by atoms with Crippen LogP contribution in [0.3, 0.4) is 0 Å². The Labute approximate surface area is 206 Å². The molecule has 0 radical (unpaired) electrons. The van der Waals surface area contributed by atoms with Crippen LogP contribution in [0.5, 0.6) is 0 Å². The molecule has 0 N–H and O–H groups in total. The van der Waals surface area contributed by atoms with Crippen LogP contribution >= 0.6 is 0 Å². The van der Waals surface area contributed by atoms with Gasteiger partial charge >= 0.3 is 0 Å². The molecule has 0 unspecified atom stereocenters. The van der Waals surface area contributed by atoms with E-state index in [1.54, 1.807) is 6.07 Å². The number of halogens is 1. The van der Waals surface area contributed by atoms with Crippen molar-refractivity contribution in [3.8, 4) is 22.4 Å². The van der Waals surface area contributed by atoms with Crippen LogP contribution in [0.15, 0.2) is 71.3 Å². The third kappa shape index (κ3) is 3.17. The van der Waals surface area contributed by atoms with E-state index < -0.39 is 0 Å². The van der Waals surface area contributed by atoms with E-state index in [0.29, 0.717) is 11.1 Å². The maximum absolute atomic E-state index is 15.5. The van der Waals surface area contributed by atoms with Gasteiger partial charge in [-0.1, -0.05) is 58.0 Å². The zero-order valence-corrected chi connectivity index (χ0v) is 21.3. The molecule has 0 spiro atoms. The smallest absolute Gasteiger partial charge is 0.216 e. The predicted octanol–water partition coefficient (Wildman–Crippen LogP) is 8.15. The molecule has 1 aliphatic rings. The van der Waals surface area contributed by atoms with Gasteiger partial charge in [-0.25, -0.2) is 8.96 Å². The topological polar surface area (TPSA) is 17.0 Å². The van der Waals surface area contributed by atoms with E-state index in [0.717, 1.165) is 45.2 Å². The zero-order valence-electron chi connectivity index (χ0n) is 21.3. The average molecular weight is 465 g/mol. The van der Waals surface area contributed by atoms with Crippen molar-refractivity contribution in [3.63, 3.8) is 0 Å². The summed E-state index contributed by atoms with van der Waals surface area (Å²) in [5.74, 6) is -0.255. The molecule has 0 fully saturated rings. The Kier molecular flexibility index (Phi) is 4.58. The zero-order chi connectivity index (χ0) is 24.7. The van der Waals surface area contributed by atoms with Crippen LogP contribution in [0, 0.1) is 12.7 Å². The monoisotopic (exact) mass is 464 g/mol. The Morgan fingerprint density at radius 2 is 1.49 bits per heavy atom. The standard InChI is InChI=1S/C32H31FNO/c1-19-10-12-21-22-13-15-25(33)28(20-11-14-23-24(17-20)32(4,5)18-31(23,2)3)30(22)35-29(21)27(19)26-9-7-8-16-34(26)6/h7-17H,18H2,1-6H3/q+1. The molecule has 0 amide bonds. The highest BCUT2D eigenvalue weighted by Crippen LogP contribution is 2.51. The van der Waals surface area contributed by atoms with E-state index in [1.807, 2.05) is 31.4 Å². The summed E-state index contributed by atoms with van der Waals surface area (Å²) in [5, 5.41) is 1.95. The van der Waals surface area contributed by atoms with Crippen LogP contribution in [0.2, 0.25) is 0 Å². The number of benzene rings is 3. The minimum absolute atomic E-state index is 0.0411. The SMILES string of the molecule is Cc1ccc2c(oc3c(-c4ccc5c(c4)C(C)(C)CC5(C)C)c(F)ccc32)c1-c1cccc[n+]1C. The van der Waals surface area contributed by atoms with E-state index in [1.165, 1.54) is 11.1 Å². The van der Waals surface area contributed by atoms with Crippen molar-refractivity contribution >= 4 is 21.9 Å². The summed E-state index contributed by atoms with van der Waals surface area (Å²) < 4.78 is 24.2. The molecular formula is C32H31FNO+. The van der Waals surface area contributed by atoms with Gasteiger partial charge in [0, 0.05) is 22.9 Å². The van der Waals surface area contributed by atoms with Gasteiger partial charge in [0.25, 0.3) is 0 Å². The van der Waals surface area contributed by atoms with E-state index >= 15 is 4.39 Å². The Bertz CT molecular complexity index is 1650. The number of furan rings is 1. The molecule has 35 heavy (non-hydrogen) atoms. The molecular weight excluding hydrogens is 433 g/mol. The van der Waals surface area contributed by atoms with Gasteiger partial charge in [-0.15, -0.1) is 0 Å². The summed E-state index contributed by atoms with van der Waals surface area (Å²) in [5.41, 5.74) is 8.89. The Balaban J connectivity index is 1.66. The molecule has 0 saturated carbocycles. The number of aromatic nitrogens is 1. The van der Waals surface area contributed by atoms with Gasteiger partial charge in [-0.05, 0) is 64.6 Å². The highest BCUT2D eigenvalue weighted by Gasteiger charge is 2.42. The largest absolute Gasteiger partial charge is 0.454 e. The lowest BCUT2D eigenvalue weighted by Crippen LogP contribution is -2.30. The van der Waals surface area contributed by atoms with Crippen LogP contribution in [-0.2, 0) is 17.9 Å². The molecule has 6 rings (SSSR count). The van der Waals surface area contributed by atoms with E-state index in [4.69, 9.17) is 4.42 Å². The summed E-state index contributed by atoms with van der Waals surface area (Å²) in [6.07, 6.45) is 3.11. The van der Waals surface area contributed by atoms with Gasteiger partial charge in [0.2, 0.25) is 5.69 Å². The van der Waals surface area contributed by atoms with Crippen LogP contribution in [0.4, 0.5) is 4.39 Å². The number of rotatable bonds is 2. The molecule has 0 atom stereocenters. The molecule has 3 aromatic carbocycles. The molecule has 2 aromatic heterocycles. The predicted molar refractivity (Wildman–Crippen MR) is 141 cm³/mol. The normalized spacial score (nSPS) is 16.2. The summed E-state index contributed by atoms with van der Waals surface area (Å²) in [4.78, 5) is 0. The molecule has 5 aromatic rings. The van der Waals surface area contributed by atoms with Gasteiger partial charge < -0.3 is 4.42 Å². The third-order valence-electron chi connectivity index (χ3n) is 7.93. The molecule has 2 heterocycles. The first-order valence-electron chi connectivity index (χ1n) is 12.3. The Hall–Kier alpha value is -3.46. The molecule has 2 nitrogen and oxygen atoms in total. The van der Waals surface area contributed by atoms with Gasteiger partial charge in [-0.2, -0.15) is 0 Å². The molecule has 176 valence electrons. The second-order valence-electron chi connectivity index (χ2n) is 11.4. The fourth-order valence-electron chi connectivity index (χ4n) is 6.49. The van der Waals surface area contributed by atoms with Crippen molar-refractivity contribution in [3.05, 3.63) is 89.4 Å². The van der Waals surface area contributed by atoms with Gasteiger partial charge in [0.05, 0.1) is 11.1 Å². The fourth-order valence-corrected chi connectivity index (χ4v) is 6.49. The summed E-state index contributed by atoms with van der Waals surface area (Å²) in [6.45, 7) is 11.3. The van der Waals surface area contributed by atoms with Crippen LogP contribution < -0.4 is 4.57 Å². The lowest BCUT2D eigenvalue weighted by Gasteiger charge is -2.22. The maximum atomic E-state index is 15.5. The van der Waals surface area contributed by atoms with Crippen LogP contribution in [-0.4, -0.2) is 0 Å². The molecule has 3 heteroatoms. The Morgan fingerprint density at radius 3 is 2.23 bits per heavy atom. The summed E-state index contributed by atoms with van der Waals surface area (Å²) in [7, 11) is 2.04. The number of nitrogens with zero attached hydrogens (tertiary/aromatic N) is 1. The summed E-state index contributed by atoms with van der Waals surface area (Å²) >= 11 is 0. The Morgan fingerprint density at radius 1 is 0.800 bits per heavy atom. The lowest BCUT2D eigenvalue weighted by atomic mass is 9.82. The highest BCUT2D eigenvalue weighted by molar-refractivity contribution is 6.13. The van der Waals surface area contributed by atoms with Crippen LogP contribution in [0.1, 0.15) is 50.8 Å². The lowest BCUT2D eigenvalue weighted by molar-refractivity contribution is -0.660. The van der Waals surface area contributed by atoms with E-state index in [9.17, 15) is 0 Å².